The lowest BCUT2D eigenvalue weighted by Gasteiger charge is -2.36. The Morgan fingerprint density at radius 2 is 1.81 bits per heavy atom. The lowest BCUT2D eigenvalue weighted by atomic mass is 10.1. The number of primary amides is 1. The number of anilines is 1. The molecule has 1 heterocycles. The average Bonchev–Trinajstić information content (AvgIpc) is 2.72. The van der Waals surface area contributed by atoms with E-state index in [2.05, 4.69) is 10.2 Å². The third kappa shape index (κ3) is 4.49. The van der Waals surface area contributed by atoms with Crippen molar-refractivity contribution >= 4 is 17.6 Å². The molecule has 1 aliphatic rings. The van der Waals surface area contributed by atoms with Gasteiger partial charge in [-0.05, 0) is 29.8 Å². The van der Waals surface area contributed by atoms with Crippen LogP contribution in [0.5, 0.6) is 5.75 Å². The van der Waals surface area contributed by atoms with E-state index in [-0.39, 0.29) is 6.03 Å². The number of urea groups is 1. The molecule has 0 aliphatic carbocycles. The molecule has 3 rings (SSSR count). The summed E-state index contributed by atoms with van der Waals surface area (Å²) in [4.78, 5) is 27.7. The van der Waals surface area contributed by atoms with E-state index in [4.69, 9.17) is 10.5 Å². The smallest absolute Gasteiger partial charge is 0.317 e. The summed E-state index contributed by atoms with van der Waals surface area (Å²) in [6.07, 6.45) is 0. The van der Waals surface area contributed by atoms with Crippen LogP contribution in [0.1, 0.15) is 15.9 Å². The highest BCUT2D eigenvalue weighted by atomic mass is 16.5. The number of para-hydroxylation sites is 2. The molecule has 1 saturated heterocycles. The molecular weight excluding hydrogens is 344 g/mol. The molecule has 0 aromatic heterocycles. The fourth-order valence-electron chi connectivity index (χ4n) is 3.17. The first-order chi connectivity index (χ1) is 13.1. The highest BCUT2D eigenvalue weighted by Gasteiger charge is 2.22. The number of nitrogens with two attached hydrogens (primary N) is 1. The number of amides is 3. The van der Waals surface area contributed by atoms with Crippen LogP contribution in [-0.4, -0.2) is 50.1 Å². The number of carbonyl (C=O) groups is 2. The molecule has 142 valence electrons. The van der Waals surface area contributed by atoms with Crippen LogP contribution in [0, 0.1) is 0 Å². The van der Waals surface area contributed by atoms with E-state index < -0.39 is 5.91 Å². The Hall–Kier alpha value is -3.22. The molecule has 3 amide bonds. The van der Waals surface area contributed by atoms with E-state index >= 15 is 0 Å². The van der Waals surface area contributed by atoms with Crippen molar-refractivity contribution in [3.05, 3.63) is 59.7 Å². The first-order valence-corrected chi connectivity index (χ1v) is 8.88. The highest BCUT2D eigenvalue weighted by Crippen LogP contribution is 2.28. The molecule has 0 radical (unpaired) electrons. The predicted octanol–water partition coefficient (Wildman–Crippen LogP) is 1.83. The van der Waals surface area contributed by atoms with Gasteiger partial charge in [-0.15, -0.1) is 0 Å². The Balaban J connectivity index is 1.53. The maximum Gasteiger partial charge on any atom is 0.317 e. The molecule has 0 spiro atoms. The van der Waals surface area contributed by atoms with Gasteiger partial charge in [0.2, 0.25) is 5.91 Å². The molecule has 27 heavy (non-hydrogen) atoms. The van der Waals surface area contributed by atoms with Crippen LogP contribution in [0.25, 0.3) is 0 Å². The van der Waals surface area contributed by atoms with Crippen LogP contribution in [0.2, 0.25) is 0 Å². The Labute approximate surface area is 158 Å². The van der Waals surface area contributed by atoms with Gasteiger partial charge in [0.05, 0.1) is 12.8 Å². The second-order valence-corrected chi connectivity index (χ2v) is 6.37. The summed E-state index contributed by atoms with van der Waals surface area (Å²) >= 11 is 0. The van der Waals surface area contributed by atoms with Crippen LogP contribution < -0.4 is 20.7 Å². The van der Waals surface area contributed by atoms with E-state index in [9.17, 15) is 9.59 Å². The van der Waals surface area contributed by atoms with Crippen LogP contribution in [0.4, 0.5) is 10.5 Å². The van der Waals surface area contributed by atoms with Crippen molar-refractivity contribution in [1.82, 2.24) is 10.2 Å². The Bertz CT molecular complexity index is 816. The van der Waals surface area contributed by atoms with Crippen molar-refractivity contribution in [1.29, 1.82) is 0 Å². The standard InChI is InChI=1S/C20H24N4O3/c1-27-18-8-3-2-7-17(18)23-9-11-24(12-10-23)20(26)22-14-15-5-4-6-16(13-15)19(21)25/h2-8,13H,9-12,14H2,1H3,(H2,21,25)(H,22,26). The van der Waals surface area contributed by atoms with Crippen molar-refractivity contribution in [2.75, 3.05) is 38.2 Å². The minimum absolute atomic E-state index is 0.112. The number of hydrogen-bond acceptors (Lipinski definition) is 4. The summed E-state index contributed by atoms with van der Waals surface area (Å²) in [7, 11) is 1.66. The number of ether oxygens (including phenoxy) is 1. The monoisotopic (exact) mass is 368 g/mol. The average molecular weight is 368 g/mol. The first-order valence-electron chi connectivity index (χ1n) is 8.88. The summed E-state index contributed by atoms with van der Waals surface area (Å²) < 4.78 is 5.42. The zero-order valence-electron chi connectivity index (χ0n) is 15.4. The van der Waals surface area contributed by atoms with Gasteiger partial charge in [0, 0.05) is 38.3 Å². The number of piperazine rings is 1. The van der Waals surface area contributed by atoms with E-state index in [0.717, 1.165) is 30.1 Å². The number of carbonyl (C=O) groups excluding carboxylic acids is 2. The molecule has 1 fully saturated rings. The van der Waals surface area contributed by atoms with Gasteiger partial charge in [-0.2, -0.15) is 0 Å². The SMILES string of the molecule is COc1ccccc1N1CCN(C(=O)NCc2cccc(C(N)=O)c2)CC1. The van der Waals surface area contributed by atoms with E-state index in [0.29, 0.717) is 25.2 Å². The quantitative estimate of drug-likeness (QED) is 0.843. The van der Waals surface area contributed by atoms with Gasteiger partial charge in [0.1, 0.15) is 5.75 Å². The lowest BCUT2D eigenvalue weighted by molar-refractivity contribution is 0.1000. The van der Waals surface area contributed by atoms with Crippen molar-refractivity contribution < 1.29 is 14.3 Å². The Morgan fingerprint density at radius 1 is 1.07 bits per heavy atom. The molecule has 2 aromatic rings. The summed E-state index contributed by atoms with van der Waals surface area (Å²) in [5, 5.41) is 2.90. The molecule has 0 saturated carbocycles. The van der Waals surface area contributed by atoms with Gasteiger partial charge in [-0.1, -0.05) is 24.3 Å². The van der Waals surface area contributed by atoms with Gasteiger partial charge in [0.15, 0.2) is 0 Å². The van der Waals surface area contributed by atoms with Crippen LogP contribution in [-0.2, 0) is 6.54 Å². The predicted molar refractivity (Wildman–Crippen MR) is 104 cm³/mol. The second kappa shape index (κ2) is 8.44. The zero-order valence-corrected chi connectivity index (χ0v) is 15.4. The molecule has 7 heteroatoms. The van der Waals surface area contributed by atoms with Gasteiger partial charge in [0.25, 0.3) is 0 Å². The topological polar surface area (TPSA) is 87.9 Å². The van der Waals surface area contributed by atoms with E-state index in [1.54, 1.807) is 30.2 Å². The number of hydrogen-bond donors (Lipinski definition) is 2. The largest absolute Gasteiger partial charge is 0.495 e. The highest BCUT2D eigenvalue weighted by molar-refractivity contribution is 5.92. The minimum atomic E-state index is -0.476. The summed E-state index contributed by atoms with van der Waals surface area (Å²) in [5.74, 6) is 0.361. The number of benzene rings is 2. The van der Waals surface area contributed by atoms with Crippen molar-refractivity contribution in [3.63, 3.8) is 0 Å². The second-order valence-electron chi connectivity index (χ2n) is 6.37. The van der Waals surface area contributed by atoms with Crippen LogP contribution >= 0.6 is 0 Å². The van der Waals surface area contributed by atoms with Crippen molar-refractivity contribution in [2.24, 2.45) is 5.73 Å². The van der Waals surface area contributed by atoms with Crippen LogP contribution in [0.15, 0.2) is 48.5 Å². The van der Waals surface area contributed by atoms with Crippen molar-refractivity contribution in [3.8, 4) is 5.75 Å². The molecule has 0 bridgehead atoms. The molecule has 1 aliphatic heterocycles. The van der Waals surface area contributed by atoms with E-state index in [1.807, 2.05) is 30.3 Å². The normalized spacial score (nSPS) is 14.0. The molecule has 2 aromatic carbocycles. The van der Waals surface area contributed by atoms with Gasteiger partial charge < -0.3 is 25.6 Å². The van der Waals surface area contributed by atoms with Crippen LogP contribution in [0.3, 0.4) is 0 Å². The molecular formula is C20H24N4O3. The molecule has 7 nitrogen and oxygen atoms in total. The van der Waals surface area contributed by atoms with Gasteiger partial charge in [-0.25, -0.2) is 4.79 Å². The van der Waals surface area contributed by atoms with E-state index in [1.165, 1.54) is 0 Å². The summed E-state index contributed by atoms with van der Waals surface area (Å²) in [5.41, 5.74) is 7.61. The molecule has 0 unspecified atom stereocenters. The summed E-state index contributed by atoms with van der Waals surface area (Å²) in [6.45, 7) is 3.10. The fourth-order valence-corrected chi connectivity index (χ4v) is 3.17. The molecule has 3 N–H and O–H groups in total. The zero-order chi connectivity index (χ0) is 19.2. The maximum absolute atomic E-state index is 12.4. The van der Waals surface area contributed by atoms with Gasteiger partial charge in [-0.3, -0.25) is 4.79 Å². The third-order valence-corrected chi connectivity index (χ3v) is 4.65. The minimum Gasteiger partial charge on any atom is -0.495 e. The Morgan fingerprint density at radius 3 is 2.52 bits per heavy atom. The maximum atomic E-state index is 12.4. The number of rotatable bonds is 5. The van der Waals surface area contributed by atoms with Gasteiger partial charge >= 0.3 is 6.03 Å². The number of nitrogens with one attached hydrogen (secondary N) is 1. The summed E-state index contributed by atoms with van der Waals surface area (Å²) in [6, 6.07) is 14.7. The van der Waals surface area contributed by atoms with Crippen molar-refractivity contribution in [2.45, 2.75) is 6.54 Å². The number of nitrogens with zero attached hydrogens (tertiary/aromatic N) is 2. The fraction of sp³-hybridized carbons (Fsp3) is 0.300. The third-order valence-electron chi connectivity index (χ3n) is 4.65. The first kappa shape index (κ1) is 18.6. The Kier molecular flexibility index (Phi) is 5.80. The number of methoxy groups -OCH3 is 1. The molecule has 0 atom stereocenters. The lowest BCUT2D eigenvalue weighted by Crippen LogP contribution is -2.51.